The number of fused-ring (bicyclic) bond motifs is 1. The Bertz CT molecular complexity index is 1130. The minimum atomic E-state index is -0.121. The van der Waals surface area contributed by atoms with Crippen molar-refractivity contribution in [3.63, 3.8) is 0 Å². The van der Waals surface area contributed by atoms with E-state index in [0.29, 0.717) is 13.1 Å². The maximum absolute atomic E-state index is 12.6. The first-order chi connectivity index (χ1) is 16.3. The number of carbonyl (C=O) groups is 1. The molecule has 1 aromatic heterocycles. The summed E-state index contributed by atoms with van der Waals surface area (Å²) in [7, 11) is 0. The van der Waals surface area contributed by atoms with Gasteiger partial charge in [0.25, 0.3) is 0 Å². The molecule has 1 aliphatic carbocycles. The van der Waals surface area contributed by atoms with E-state index in [1.54, 1.807) is 11.8 Å². The Morgan fingerprint density at radius 1 is 1.03 bits per heavy atom. The van der Waals surface area contributed by atoms with Gasteiger partial charge >= 0.3 is 0 Å². The van der Waals surface area contributed by atoms with Gasteiger partial charge in [-0.15, -0.1) is 11.8 Å². The predicted molar refractivity (Wildman–Crippen MR) is 132 cm³/mol. The Labute approximate surface area is 198 Å². The molecular formula is C27H27N3O2S. The van der Waals surface area contributed by atoms with Crippen LogP contribution in [-0.4, -0.2) is 41.6 Å². The molecule has 2 heterocycles. The lowest BCUT2D eigenvalue weighted by molar-refractivity contribution is 0.0972. The summed E-state index contributed by atoms with van der Waals surface area (Å²) in [6.07, 6.45) is 6.08. The van der Waals surface area contributed by atoms with Gasteiger partial charge < -0.3 is 4.74 Å². The highest BCUT2D eigenvalue weighted by Crippen LogP contribution is 2.37. The van der Waals surface area contributed by atoms with E-state index in [0.717, 1.165) is 64.7 Å². The van der Waals surface area contributed by atoms with Crippen molar-refractivity contribution in [2.45, 2.75) is 36.1 Å². The second-order valence-corrected chi connectivity index (χ2v) is 9.36. The largest absolute Gasteiger partial charge is 0.484 e. The van der Waals surface area contributed by atoms with Crippen LogP contribution in [-0.2, 0) is 12.2 Å². The van der Waals surface area contributed by atoms with Gasteiger partial charge in [-0.05, 0) is 48.2 Å². The zero-order valence-electron chi connectivity index (χ0n) is 18.5. The van der Waals surface area contributed by atoms with Gasteiger partial charge in [-0.2, -0.15) is 0 Å². The second kappa shape index (κ2) is 10.3. The summed E-state index contributed by atoms with van der Waals surface area (Å²) in [5, 5.41) is 0.969. The van der Waals surface area contributed by atoms with Gasteiger partial charge in [0.15, 0.2) is 5.78 Å². The fraction of sp³-hybridized carbons (Fsp3) is 0.296. The number of aromatic nitrogens is 1. The van der Waals surface area contributed by atoms with Crippen LogP contribution in [0.2, 0.25) is 0 Å². The van der Waals surface area contributed by atoms with E-state index in [-0.39, 0.29) is 11.9 Å². The Morgan fingerprint density at radius 3 is 2.70 bits per heavy atom. The first-order valence-corrected chi connectivity index (χ1v) is 12.4. The number of carbonyl (C=O) groups excluding carboxylic acids is 1. The maximum Gasteiger partial charge on any atom is 0.163 e. The molecule has 1 atom stereocenters. The molecule has 0 saturated carbocycles. The minimum absolute atomic E-state index is 0.121. The van der Waals surface area contributed by atoms with E-state index in [2.05, 4.69) is 39.1 Å². The number of ether oxygens (including phenoxy) is 1. The Kier molecular flexibility index (Phi) is 6.84. The Hall–Kier alpha value is -2.96. The van der Waals surface area contributed by atoms with Gasteiger partial charge in [0.05, 0.1) is 11.7 Å². The number of benzene rings is 2. The van der Waals surface area contributed by atoms with E-state index < -0.39 is 0 Å². The fourth-order valence-electron chi connectivity index (χ4n) is 4.43. The summed E-state index contributed by atoms with van der Waals surface area (Å²) in [4.78, 5) is 23.7. The molecule has 0 radical (unpaired) electrons. The zero-order chi connectivity index (χ0) is 22.5. The van der Waals surface area contributed by atoms with Gasteiger partial charge in [-0.25, -0.2) is 4.98 Å². The number of nitrogens with zero attached hydrogens (tertiary/aromatic N) is 3. The number of Topliss-reactive ketones (excluding diaryl/α,β-unsaturated/α-hetero) is 1. The third-order valence-corrected chi connectivity index (χ3v) is 7.11. The molecule has 5 rings (SSSR count). The fourth-order valence-corrected chi connectivity index (χ4v) is 5.35. The van der Waals surface area contributed by atoms with Crippen LogP contribution in [0.25, 0.3) is 0 Å². The quantitative estimate of drug-likeness (QED) is 0.427. The van der Waals surface area contributed by atoms with Crippen LogP contribution >= 0.6 is 11.8 Å². The molecule has 0 spiro atoms. The summed E-state index contributed by atoms with van der Waals surface area (Å²) in [5.74, 6) is 1.82. The first-order valence-electron chi connectivity index (χ1n) is 11.4. The normalized spacial score (nSPS) is 16.5. The molecule has 2 aromatic carbocycles. The van der Waals surface area contributed by atoms with Gasteiger partial charge in [-0.1, -0.05) is 36.4 Å². The number of rotatable bonds is 8. The van der Waals surface area contributed by atoms with Crippen LogP contribution < -0.4 is 4.74 Å². The Morgan fingerprint density at radius 2 is 1.91 bits per heavy atom. The maximum atomic E-state index is 12.6. The van der Waals surface area contributed by atoms with Crippen molar-refractivity contribution < 1.29 is 9.53 Å². The average molecular weight is 458 g/mol. The number of aliphatic imine (C=N–C) groups is 1. The molecule has 0 unspecified atom stereocenters. The van der Waals surface area contributed by atoms with E-state index in [1.165, 1.54) is 0 Å². The molecule has 0 N–H and O–H groups in total. The highest BCUT2D eigenvalue weighted by molar-refractivity contribution is 7.98. The minimum Gasteiger partial charge on any atom is -0.484 e. The molecule has 0 saturated heterocycles. The van der Waals surface area contributed by atoms with Crippen molar-refractivity contribution in [1.82, 2.24) is 9.88 Å². The van der Waals surface area contributed by atoms with Crippen LogP contribution in [0.3, 0.4) is 0 Å². The van der Waals surface area contributed by atoms with Crippen LogP contribution in [0.15, 0.2) is 76.9 Å². The lowest BCUT2D eigenvalue weighted by Crippen LogP contribution is -2.29. The zero-order valence-corrected chi connectivity index (χ0v) is 19.3. The highest BCUT2D eigenvalue weighted by Gasteiger charge is 2.25. The molecule has 1 aliphatic heterocycles. The third-order valence-electron chi connectivity index (χ3n) is 6.14. The van der Waals surface area contributed by atoms with Crippen molar-refractivity contribution in [2.75, 3.05) is 19.8 Å². The monoisotopic (exact) mass is 457 g/mol. The van der Waals surface area contributed by atoms with E-state index in [4.69, 9.17) is 4.74 Å². The van der Waals surface area contributed by atoms with Crippen molar-refractivity contribution >= 4 is 23.8 Å². The number of pyridine rings is 1. The topological polar surface area (TPSA) is 54.8 Å². The van der Waals surface area contributed by atoms with Crippen molar-refractivity contribution in [1.29, 1.82) is 0 Å². The van der Waals surface area contributed by atoms with E-state index in [1.807, 2.05) is 48.8 Å². The SMILES string of the molecule is O=C1CCCc2c1ccc(O[C@H](CN1CC=NC1)c1ccccc1)c2CSc1ccccn1. The molecule has 2 aliphatic rings. The van der Waals surface area contributed by atoms with Gasteiger partial charge in [0, 0.05) is 48.8 Å². The van der Waals surface area contributed by atoms with Crippen molar-refractivity contribution in [2.24, 2.45) is 4.99 Å². The van der Waals surface area contributed by atoms with Crippen LogP contribution in [0, 0.1) is 0 Å². The van der Waals surface area contributed by atoms with Crippen LogP contribution in [0.1, 0.15) is 46.0 Å². The lowest BCUT2D eigenvalue weighted by Gasteiger charge is -2.27. The average Bonchev–Trinajstić information content (AvgIpc) is 3.37. The summed E-state index contributed by atoms with van der Waals surface area (Å²) >= 11 is 1.68. The molecule has 6 heteroatoms. The number of hydrogen-bond donors (Lipinski definition) is 0. The van der Waals surface area contributed by atoms with Crippen LogP contribution in [0.4, 0.5) is 0 Å². The number of thioether (sulfide) groups is 1. The second-order valence-electron chi connectivity index (χ2n) is 8.36. The number of ketones is 1. The van der Waals surface area contributed by atoms with E-state index >= 15 is 0 Å². The predicted octanol–water partition coefficient (Wildman–Crippen LogP) is 5.36. The number of hydrogen-bond acceptors (Lipinski definition) is 6. The van der Waals surface area contributed by atoms with Crippen LogP contribution in [0.5, 0.6) is 5.75 Å². The summed E-state index contributed by atoms with van der Waals surface area (Å²) in [6, 6.07) is 20.3. The van der Waals surface area contributed by atoms with Gasteiger partial charge in [0.2, 0.25) is 0 Å². The van der Waals surface area contributed by atoms with Crippen molar-refractivity contribution in [3.8, 4) is 5.75 Å². The first kappa shape index (κ1) is 21.9. The summed E-state index contributed by atoms with van der Waals surface area (Å²) < 4.78 is 6.74. The smallest absolute Gasteiger partial charge is 0.163 e. The standard InChI is InChI=1S/C27H27N3O2S/c31-24-10-6-9-21-22(24)12-13-25(23(21)18-33-27-11-4-5-14-29-27)32-26(17-30-16-15-28-19-30)20-7-2-1-3-8-20/h1-5,7-8,11-15,26H,6,9-10,16-19H2/t26-/m1/s1. The molecule has 3 aromatic rings. The molecule has 33 heavy (non-hydrogen) atoms. The third kappa shape index (κ3) is 5.18. The molecule has 0 amide bonds. The molecule has 0 fully saturated rings. The van der Waals surface area contributed by atoms with Gasteiger partial charge in [0.1, 0.15) is 11.9 Å². The Balaban J connectivity index is 1.47. The molecule has 168 valence electrons. The lowest BCUT2D eigenvalue weighted by atomic mass is 9.87. The summed E-state index contributed by atoms with van der Waals surface area (Å²) in [6.45, 7) is 2.30. The molecule has 5 nitrogen and oxygen atoms in total. The highest BCUT2D eigenvalue weighted by atomic mass is 32.2. The van der Waals surface area contributed by atoms with E-state index in [9.17, 15) is 4.79 Å². The summed E-state index contributed by atoms with van der Waals surface area (Å²) in [5.41, 5.74) is 4.26. The molecule has 0 bridgehead atoms. The van der Waals surface area contributed by atoms with Crippen molar-refractivity contribution in [3.05, 3.63) is 89.1 Å². The molecular weight excluding hydrogens is 430 g/mol. The van der Waals surface area contributed by atoms with Gasteiger partial charge in [-0.3, -0.25) is 14.7 Å².